The van der Waals surface area contributed by atoms with Crippen LogP contribution < -0.4 is 4.72 Å². The Morgan fingerprint density at radius 3 is 2.57 bits per heavy atom. The van der Waals surface area contributed by atoms with Crippen molar-refractivity contribution >= 4 is 25.0 Å². The summed E-state index contributed by atoms with van der Waals surface area (Å²) in [5.74, 6) is -1.04. The van der Waals surface area contributed by atoms with Gasteiger partial charge >= 0.3 is 5.97 Å². The molecule has 2 heterocycles. The highest BCUT2D eigenvalue weighted by molar-refractivity contribution is 7.84. The zero-order valence-electron chi connectivity index (χ0n) is 18.6. The van der Waals surface area contributed by atoms with Crippen molar-refractivity contribution in [2.45, 2.75) is 64.0 Å². The van der Waals surface area contributed by atoms with Gasteiger partial charge in [0.25, 0.3) is 0 Å². The van der Waals surface area contributed by atoms with Crippen molar-refractivity contribution in [3.8, 4) is 0 Å². The average Bonchev–Trinajstić information content (AvgIpc) is 3.06. The van der Waals surface area contributed by atoms with Crippen LogP contribution in [0.2, 0.25) is 25.7 Å². The Kier molecular flexibility index (Phi) is 8.15. The zero-order valence-corrected chi connectivity index (χ0v) is 20.5. The molecule has 2 aromatic rings. The van der Waals surface area contributed by atoms with Crippen molar-refractivity contribution in [3.63, 3.8) is 0 Å². The van der Waals surface area contributed by atoms with Crippen LogP contribution in [0.15, 0.2) is 36.7 Å². The van der Waals surface area contributed by atoms with Crippen molar-refractivity contribution in [2.24, 2.45) is 0 Å². The zero-order chi connectivity index (χ0) is 22.5. The molecular weight excluding hydrogens is 418 g/mol. The molecule has 0 aromatic carbocycles. The Bertz CT molecular complexity index is 873. The van der Waals surface area contributed by atoms with Gasteiger partial charge in [0.15, 0.2) is 0 Å². The summed E-state index contributed by atoms with van der Waals surface area (Å²) in [6, 6.07) is 7.59. The van der Waals surface area contributed by atoms with Gasteiger partial charge in [-0.1, -0.05) is 25.7 Å². The third-order valence-corrected chi connectivity index (χ3v) is 7.73. The quantitative estimate of drug-likeness (QED) is 0.420. The molecular formula is C21H33N3O4SSi. The standard InChI is InChI=1S/C21H33N3O4SSi/c1-21(2,3)29(27)23-19(17-9-7-8-10-22-17)16-13-18(20(25)26)24(14-16)15-28-11-12-30(4,5)6/h7-10,13-14,19,23H,11-12,15H2,1-6H3,(H,25,26). The summed E-state index contributed by atoms with van der Waals surface area (Å²) in [6.07, 6.45) is 3.41. The molecule has 30 heavy (non-hydrogen) atoms. The molecule has 7 nitrogen and oxygen atoms in total. The highest BCUT2D eigenvalue weighted by atomic mass is 32.2. The molecule has 0 amide bonds. The fourth-order valence-corrected chi connectivity index (χ4v) is 4.23. The van der Waals surface area contributed by atoms with E-state index >= 15 is 0 Å². The van der Waals surface area contributed by atoms with Gasteiger partial charge in [-0.25, -0.2) is 13.7 Å². The molecule has 0 saturated carbocycles. The summed E-state index contributed by atoms with van der Waals surface area (Å²) in [6.45, 7) is 13.2. The first-order valence-electron chi connectivity index (χ1n) is 9.98. The smallest absolute Gasteiger partial charge is 0.352 e. The molecule has 166 valence electrons. The van der Waals surface area contributed by atoms with Crippen molar-refractivity contribution in [1.82, 2.24) is 14.3 Å². The number of carboxylic acid groups (broad SMARTS) is 1. The topological polar surface area (TPSA) is 93.5 Å². The van der Waals surface area contributed by atoms with Gasteiger partial charge in [0.2, 0.25) is 0 Å². The minimum absolute atomic E-state index is 0.127. The van der Waals surface area contributed by atoms with Crippen molar-refractivity contribution in [3.05, 3.63) is 53.6 Å². The number of aromatic nitrogens is 2. The van der Waals surface area contributed by atoms with Crippen LogP contribution in [0.5, 0.6) is 0 Å². The molecule has 0 aliphatic rings. The maximum absolute atomic E-state index is 12.8. The average molecular weight is 452 g/mol. The summed E-state index contributed by atoms with van der Waals surface area (Å²) in [5.41, 5.74) is 1.48. The molecule has 2 N–H and O–H groups in total. The van der Waals surface area contributed by atoms with Crippen LogP contribution in [0.1, 0.15) is 48.6 Å². The Morgan fingerprint density at radius 1 is 1.33 bits per heavy atom. The van der Waals surface area contributed by atoms with Crippen LogP contribution in [0, 0.1) is 0 Å². The number of hydrogen-bond acceptors (Lipinski definition) is 4. The number of nitrogens with zero attached hydrogens (tertiary/aromatic N) is 2. The first-order chi connectivity index (χ1) is 13.9. The van der Waals surface area contributed by atoms with Crippen molar-refractivity contribution < 1.29 is 18.8 Å². The van der Waals surface area contributed by atoms with Gasteiger partial charge in [0.05, 0.1) is 27.5 Å². The van der Waals surface area contributed by atoms with Crippen LogP contribution in [-0.4, -0.2) is 44.3 Å². The van der Waals surface area contributed by atoms with E-state index in [9.17, 15) is 14.1 Å². The van der Waals surface area contributed by atoms with Crippen molar-refractivity contribution in [1.29, 1.82) is 0 Å². The van der Waals surface area contributed by atoms with Gasteiger partial charge < -0.3 is 14.4 Å². The molecule has 0 fully saturated rings. The monoisotopic (exact) mass is 451 g/mol. The van der Waals surface area contributed by atoms with E-state index in [1.165, 1.54) is 0 Å². The molecule has 0 spiro atoms. The predicted octanol–water partition coefficient (Wildman–Crippen LogP) is 4.03. The van der Waals surface area contributed by atoms with E-state index in [4.69, 9.17) is 4.74 Å². The Balaban J connectivity index is 2.31. The second kappa shape index (κ2) is 10.00. The first-order valence-corrected chi connectivity index (χ1v) is 14.8. The number of nitrogens with one attached hydrogen (secondary N) is 1. The van der Waals surface area contributed by atoms with Gasteiger partial charge in [-0.3, -0.25) is 4.98 Å². The number of rotatable bonds is 10. The molecule has 0 bridgehead atoms. The number of hydrogen-bond donors (Lipinski definition) is 2. The van der Waals surface area contributed by atoms with E-state index in [-0.39, 0.29) is 12.4 Å². The Labute approximate surface area is 182 Å². The lowest BCUT2D eigenvalue weighted by atomic mass is 10.1. The minimum atomic E-state index is -1.37. The molecule has 0 saturated heterocycles. The largest absolute Gasteiger partial charge is 0.477 e. The van der Waals surface area contributed by atoms with E-state index in [0.717, 1.165) is 6.04 Å². The second-order valence-electron chi connectivity index (χ2n) is 9.47. The molecule has 0 radical (unpaired) electrons. The third kappa shape index (κ3) is 7.15. The molecule has 0 aliphatic carbocycles. The number of carbonyl (C=O) groups is 1. The van der Waals surface area contributed by atoms with Crippen molar-refractivity contribution in [2.75, 3.05) is 6.61 Å². The van der Waals surface area contributed by atoms with Crippen LogP contribution in [0.3, 0.4) is 0 Å². The van der Waals surface area contributed by atoms with Gasteiger partial charge in [-0.15, -0.1) is 0 Å². The number of ether oxygens (including phenoxy) is 1. The summed E-state index contributed by atoms with van der Waals surface area (Å²) < 4.78 is 22.8. The molecule has 9 heteroatoms. The summed E-state index contributed by atoms with van der Waals surface area (Å²) >= 11 is 0. The highest BCUT2D eigenvalue weighted by Gasteiger charge is 2.27. The van der Waals surface area contributed by atoms with Crippen LogP contribution in [0.4, 0.5) is 0 Å². The molecule has 2 unspecified atom stereocenters. The Morgan fingerprint density at radius 2 is 2.03 bits per heavy atom. The fourth-order valence-electron chi connectivity index (χ4n) is 2.65. The van der Waals surface area contributed by atoms with E-state index < -0.39 is 35.8 Å². The summed E-state index contributed by atoms with van der Waals surface area (Å²) in [4.78, 5) is 16.2. The normalized spacial score (nSPS) is 14.5. The van der Waals surface area contributed by atoms with Gasteiger partial charge in [-0.05, 0) is 50.6 Å². The molecule has 2 aromatic heterocycles. The number of carboxylic acids is 1. The third-order valence-electron chi connectivity index (χ3n) is 4.46. The van der Waals surface area contributed by atoms with Gasteiger partial charge in [0.1, 0.15) is 12.4 Å². The van der Waals surface area contributed by atoms with Gasteiger partial charge in [-0.2, -0.15) is 0 Å². The summed E-state index contributed by atoms with van der Waals surface area (Å²) in [5, 5.41) is 9.66. The summed E-state index contributed by atoms with van der Waals surface area (Å²) in [7, 11) is -2.59. The van der Waals surface area contributed by atoms with Crippen LogP contribution in [-0.2, 0) is 22.5 Å². The van der Waals surface area contributed by atoms with Gasteiger partial charge in [0, 0.05) is 27.1 Å². The Hall–Kier alpha value is -1.81. The lowest BCUT2D eigenvalue weighted by Crippen LogP contribution is -2.36. The lowest BCUT2D eigenvalue weighted by molar-refractivity contribution is 0.0623. The maximum Gasteiger partial charge on any atom is 0.352 e. The van der Waals surface area contributed by atoms with E-state index in [1.54, 1.807) is 23.0 Å². The van der Waals surface area contributed by atoms with E-state index in [0.29, 0.717) is 17.9 Å². The molecule has 2 atom stereocenters. The van der Waals surface area contributed by atoms with E-state index in [1.807, 2.05) is 39.0 Å². The van der Waals surface area contributed by atoms with E-state index in [2.05, 4.69) is 29.3 Å². The van der Waals surface area contributed by atoms with Crippen LogP contribution in [0.25, 0.3) is 0 Å². The highest BCUT2D eigenvalue weighted by Crippen LogP contribution is 2.25. The fraction of sp³-hybridized carbons (Fsp3) is 0.524. The predicted molar refractivity (Wildman–Crippen MR) is 123 cm³/mol. The molecule has 0 aliphatic heterocycles. The van der Waals surface area contributed by atoms with Crippen LogP contribution >= 0.6 is 0 Å². The number of pyridine rings is 1. The minimum Gasteiger partial charge on any atom is -0.477 e. The second-order valence-corrected chi connectivity index (χ2v) is 17.1. The molecule has 2 rings (SSSR count). The SMILES string of the molecule is CC(C)(C)S(=O)NC(c1cc(C(=O)O)n(COCC[Si](C)(C)C)c1)c1ccccn1. The first kappa shape index (κ1) is 24.5. The maximum atomic E-state index is 12.8. The lowest BCUT2D eigenvalue weighted by Gasteiger charge is -2.23. The number of aromatic carboxylic acids is 1.